The van der Waals surface area contributed by atoms with Crippen LogP contribution in [0.2, 0.25) is 0 Å². The predicted molar refractivity (Wildman–Crippen MR) is 111 cm³/mol. The molecule has 1 aromatic heterocycles. The normalized spacial score (nSPS) is 28.6. The van der Waals surface area contributed by atoms with Gasteiger partial charge in [-0.3, -0.25) is 4.79 Å². The Morgan fingerprint density at radius 2 is 1.86 bits per heavy atom. The van der Waals surface area contributed by atoms with Gasteiger partial charge in [-0.05, 0) is 57.3 Å². The summed E-state index contributed by atoms with van der Waals surface area (Å²) in [4.78, 5) is 15.4. The minimum absolute atomic E-state index is 0.271. The van der Waals surface area contributed by atoms with Gasteiger partial charge in [0, 0.05) is 37.9 Å². The third-order valence-corrected chi connectivity index (χ3v) is 7.40. The van der Waals surface area contributed by atoms with Crippen LogP contribution in [0.15, 0.2) is 0 Å². The van der Waals surface area contributed by atoms with Crippen molar-refractivity contribution in [1.82, 2.24) is 19.7 Å². The summed E-state index contributed by atoms with van der Waals surface area (Å²) < 4.78 is 2.38. The van der Waals surface area contributed by atoms with Gasteiger partial charge in [-0.25, -0.2) is 0 Å². The summed E-state index contributed by atoms with van der Waals surface area (Å²) in [5.41, 5.74) is 0. The maximum absolute atomic E-state index is 13.2. The first-order chi connectivity index (χ1) is 13.8. The molecule has 3 aliphatic rings. The molecule has 2 aliphatic heterocycles. The van der Waals surface area contributed by atoms with Crippen LogP contribution in [0.25, 0.3) is 0 Å². The standard InChI is InChI=1S/C23H38N4O/c1-2-3-8-18-11-13-19(14-12-18)23(28)26-15-7-9-20(17-26)22-25-24-21-10-5-4-6-16-27(21)22/h18-20H,2-17H2,1H3/t18?,19?,20-/m0/s1. The molecule has 1 saturated carbocycles. The molecule has 4 rings (SSSR count). The van der Waals surface area contributed by atoms with Gasteiger partial charge in [-0.1, -0.05) is 32.6 Å². The predicted octanol–water partition coefficient (Wildman–Crippen LogP) is 4.71. The highest BCUT2D eigenvalue weighted by Crippen LogP contribution is 2.35. The van der Waals surface area contributed by atoms with E-state index in [0.29, 0.717) is 11.8 Å². The van der Waals surface area contributed by atoms with E-state index >= 15 is 0 Å². The lowest BCUT2D eigenvalue weighted by Crippen LogP contribution is -2.43. The fourth-order valence-corrected chi connectivity index (χ4v) is 5.65. The Bertz CT molecular complexity index is 647. The van der Waals surface area contributed by atoms with Crippen LogP contribution < -0.4 is 0 Å². The molecular weight excluding hydrogens is 348 g/mol. The molecule has 0 bridgehead atoms. The van der Waals surface area contributed by atoms with Crippen molar-refractivity contribution in [2.24, 2.45) is 11.8 Å². The topological polar surface area (TPSA) is 51.0 Å². The van der Waals surface area contributed by atoms with E-state index in [9.17, 15) is 4.79 Å². The van der Waals surface area contributed by atoms with Crippen LogP contribution in [-0.2, 0) is 17.8 Å². The molecule has 5 heteroatoms. The second kappa shape index (κ2) is 9.41. The minimum atomic E-state index is 0.271. The van der Waals surface area contributed by atoms with Gasteiger partial charge < -0.3 is 9.47 Å². The Morgan fingerprint density at radius 3 is 2.68 bits per heavy atom. The van der Waals surface area contributed by atoms with Gasteiger partial charge in [0.15, 0.2) is 0 Å². The first-order valence-corrected chi connectivity index (χ1v) is 12.0. The van der Waals surface area contributed by atoms with Crippen molar-refractivity contribution >= 4 is 5.91 Å². The number of rotatable bonds is 5. The molecule has 28 heavy (non-hydrogen) atoms. The summed E-state index contributed by atoms with van der Waals surface area (Å²) in [5, 5.41) is 9.08. The van der Waals surface area contributed by atoms with E-state index in [1.807, 2.05) is 0 Å². The molecule has 0 aromatic carbocycles. The molecule has 1 amide bonds. The van der Waals surface area contributed by atoms with E-state index in [-0.39, 0.29) is 5.92 Å². The summed E-state index contributed by atoms with van der Waals surface area (Å²) in [6.45, 7) is 5.12. The second-order valence-electron chi connectivity index (χ2n) is 9.42. The van der Waals surface area contributed by atoms with Crippen LogP contribution in [0.3, 0.4) is 0 Å². The highest BCUT2D eigenvalue weighted by atomic mass is 16.2. The lowest BCUT2D eigenvalue weighted by Gasteiger charge is -2.36. The maximum Gasteiger partial charge on any atom is 0.225 e. The highest BCUT2D eigenvalue weighted by molar-refractivity contribution is 5.79. The number of carbonyl (C=O) groups excluding carboxylic acids is 1. The number of hydrogen-bond acceptors (Lipinski definition) is 3. The quantitative estimate of drug-likeness (QED) is 0.736. The maximum atomic E-state index is 13.2. The molecule has 1 aliphatic carbocycles. The number of aryl methyl sites for hydroxylation is 1. The lowest BCUT2D eigenvalue weighted by molar-refractivity contribution is -0.138. The highest BCUT2D eigenvalue weighted by Gasteiger charge is 2.34. The van der Waals surface area contributed by atoms with Crippen LogP contribution >= 0.6 is 0 Å². The van der Waals surface area contributed by atoms with Gasteiger partial charge in [0.1, 0.15) is 11.6 Å². The monoisotopic (exact) mass is 386 g/mol. The third-order valence-electron chi connectivity index (χ3n) is 7.40. The number of carbonyl (C=O) groups is 1. The molecule has 0 spiro atoms. The number of amides is 1. The summed E-state index contributed by atoms with van der Waals surface area (Å²) in [6, 6.07) is 0. The third kappa shape index (κ3) is 4.44. The number of likely N-dealkylation sites (tertiary alicyclic amines) is 1. The molecule has 3 heterocycles. The molecule has 0 N–H and O–H groups in total. The molecule has 0 unspecified atom stereocenters. The van der Waals surface area contributed by atoms with E-state index in [2.05, 4.69) is 26.6 Å². The Kier molecular flexibility index (Phi) is 6.69. The van der Waals surface area contributed by atoms with Crippen molar-refractivity contribution in [2.45, 2.75) is 103 Å². The van der Waals surface area contributed by atoms with Crippen LogP contribution in [0.4, 0.5) is 0 Å². The second-order valence-corrected chi connectivity index (χ2v) is 9.42. The summed E-state index contributed by atoms with van der Waals surface area (Å²) in [7, 11) is 0. The van der Waals surface area contributed by atoms with Gasteiger partial charge in [-0.15, -0.1) is 10.2 Å². The molecule has 156 valence electrons. The van der Waals surface area contributed by atoms with Gasteiger partial charge in [-0.2, -0.15) is 0 Å². The van der Waals surface area contributed by atoms with Crippen molar-refractivity contribution in [1.29, 1.82) is 0 Å². The zero-order chi connectivity index (χ0) is 19.3. The number of piperidine rings is 1. The fourth-order valence-electron chi connectivity index (χ4n) is 5.65. The van der Waals surface area contributed by atoms with Crippen LogP contribution in [-0.4, -0.2) is 38.7 Å². The number of aromatic nitrogens is 3. The van der Waals surface area contributed by atoms with E-state index in [0.717, 1.165) is 63.5 Å². The van der Waals surface area contributed by atoms with E-state index in [4.69, 9.17) is 0 Å². The molecule has 0 radical (unpaired) electrons. The first-order valence-electron chi connectivity index (χ1n) is 12.0. The number of fused-ring (bicyclic) bond motifs is 1. The Hall–Kier alpha value is -1.39. The van der Waals surface area contributed by atoms with Gasteiger partial charge in [0.05, 0.1) is 0 Å². The number of nitrogens with zero attached hydrogens (tertiary/aromatic N) is 4. The smallest absolute Gasteiger partial charge is 0.225 e. The van der Waals surface area contributed by atoms with Crippen molar-refractivity contribution < 1.29 is 4.79 Å². The van der Waals surface area contributed by atoms with E-state index in [1.165, 1.54) is 57.2 Å². The Morgan fingerprint density at radius 1 is 1.00 bits per heavy atom. The molecule has 2 fully saturated rings. The average Bonchev–Trinajstić information content (AvgIpc) is 3.00. The van der Waals surface area contributed by atoms with Crippen molar-refractivity contribution in [3.63, 3.8) is 0 Å². The van der Waals surface area contributed by atoms with Gasteiger partial charge >= 0.3 is 0 Å². The average molecular weight is 387 g/mol. The zero-order valence-corrected chi connectivity index (χ0v) is 17.7. The Balaban J connectivity index is 1.35. The molecule has 1 aromatic rings. The molecule has 5 nitrogen and oxygen atoms in total. The van der Waals surface area contributed by atoms with Crippen molar-refractivity contribution in [3.05, 3.63) is 11.6 Å². The summed E-state index contributed by atoms with van der Waals surface area (Å²) in [6.07, 6.45) is 15.8. The van der Waals surface area contributed by atoms with Crippen LogP contribution in [0, 0.1) is 11.8 Å². The number of hydrogen-bond donors (Lipinski definition) is 0. The fraction of sp³-hybridized carbons (Fsp3) is 0.870. The summed E-state index contributed by atoms with van der Waals surface area (Å²) in [5.74, 6) is 4.25. The first kappa shape index (κ1) is 19.9. The number of unbranched alkanes of at least 4 members (excludes halogenated alkanes) is 1. The molecule has 1 atom stereocenters. The van der Waals surface area contributed by atoms with Crippen molar-refractivity contribution in [2.75, 3.05) is 13.1 Å². The minimum Gasteiger partial charge on any atom is -0.342 e. The van der Waals surface area contributed by atoms with E-state index < -0.39 is 0 Å². The van der Waals surface area contributed by atoms with Crippen LogP contribution in [0.5, 0.6) is 0 Å². The largest absolute Gasteiger partial charge is 0.342 e. The van der Waals surface area contributed by atoms with Gasteiger partial charge in [0.25, 0.3) is 0 Å². The van der Waals surface area contributed by atoms with E-state index in [1.54, 1.807) is 0 Å². The Labute approximate surface area is 170 Å². The summed E-state index contributed by atoms with van der Waals surface area (Å²) >= 11 is 0. The van der Waals surface area contributed by atoms with Crippen molar-refractivity contribution in [3.8, 4) is 0 Å². The van der Waals surface area contributed by atoms with Gasteiger partial charge in [0.2, 0.25) is 5.91 Å². The lowest BCUT2D eigenvalue weighted by atomic mass is 9.79. The van der Waals surface area contributed by atoms with Crippen LogP contribution in [0.1, 0.15) is 102 Å². The SMILES string of the molecule is CCCCC1CCC(C(=O)N2CCC[C@H](c3nnc4n3CCCCC4)C2)CC1. The molecule has 1 saturated heterocycles. The zero-order valence-electron chi connectivity index (χ0n) is 17.7. The molecular formula is C23H38N4O.